The number of hydrogen-bond acceptors (Lipinski definition) is 3. The van der Waals surface area contributed by atoms with E-state index in [4.69, 9.17) is 4.43 Å². The molecule has 2 rings (SSSR count). The van der Waals surface area contributed by atoms with Gasteiger partial charge in [0.1, 0.15) is 5.56 Å². The molecule has 0 heterocycles. The minimum absolute atomic E-state index is 0.0677. The molecule has 8 heteroatoms. The van der Waals surface area contributed by atoms with Crippen LogP contribution in [0.15, 0.2) is 24.3 Å². The van der Waals surface area contributed by atoms with E-state index in [2.05, 4.69) is 25.5 Å². The van der Waals surface area contributed by atoms with Crippen molar-refractivity contribution >= 4 is 15.7 Å². The Hall–Kier alpha value is -2.19. The van der Waals surface area contributed by atoms with Gasteiger partial charge in [-0.3, -0.25) is 0 Å². The average Bonchev–Trinajstić information content (AvgIpc) is 2.65. The summed E-state index contributed by atoms with van der Waals surface area (Å²) in [4.78, 5) is 11.4. The van der Waals surface area contributed by atoms with E-state index in [1.165, 1.54) is 12.1 Å². The number of hydrogen-bond donors (Lipinski definition) is 0. The quantitative estimate of drug-likeness (QED) is 0.282. The summed E-state index contributed by atoms with van der Waals surface area (Å²) < 4.78 is 67.6. The van der Waals surface area contributed by atoms with E-state index in [0.29, 0.717) is 0 Å². The van der Waals surface area contributed by atoms with E-state index in [1.54, 1.807) is 12.1 Å². The molecule has 158 valence electrons. The smallest absolute Gasteiger partial charge is 0.344 e. The van der Waals surface area contributed by atoms with Crippen LogP contribution in [0.5, 0.6) is 0 Å². The van der Waals surface area contributed by atoms with Crippen molar-refractivity contribution in [1.29, 1.82) is 0 Å². The molecule has 0 aliphatic rings. The molecule has 0 spiro atoms. The molecule has 0 aliphatic carbocycles. The van der Waals surface area contributed by atoms with Gasteiger partial charge in [-0.1, -0.05) is 45.0 Å². The molecule has 0 N–H and O–H groups in total. The highest BCUT2D eigenvalue weighted by atomic mass is 28.2. The SMILES string of the molecule is COC(=O)c1c(F)c(F)c(-c2ccc(C(C)(C)O[SiH2]C(C)(C)C)cc2)c(F)c1F. The summed E-state index contributed by atoms with van der Waals surface area (Å²) in [6.45, 7) is 10.0. The van der Waals surface area contributed by atoms with E-state index in [9.17, 15) is 22.4 Å². The second kappa shape index (κ2) is 8.28. The van der Waals surface area contributed by atoms with Gasteiger partial charge in [-0.05, 0) is 30.0 Å². The van der Waals surface area contributed by atoms with E-state index in [0.717, 1.165) is 12.7 Å². The standard InChI is InChI=1S/C21H24F4O3Si/c1-20(2,3)29-28-21(4,5)12-9-7-11(8-10-12)13-15(22)17(24)14(19(26)27-6)18(25)16(13)23/h7-10H,29H2,1-6H3. The summed E-state index contributed by atoms with van der Waals surface area (Å²) in [5.41, 5.74) is -2.22. The third-order valence-electron chi connectivity index (χ3n) is 4.39. The van der Waals surface area contributed by atoms with E-state index in [1.807, 2.05) is 13.8 Å². The Morgan fingerprint density at radius 3 is 1.76 bits per heavy atom. The lowest BCUT2D eigenvalue weighted by atomic mass is 9.94. The third kappa shape index (κ3) is 4.87. The number of rotatable bonds is 5. The normalized spacial score (nSPS) is 12.6. The average molecular weight is 428 g/mol. The maximum absolute atomic E-state index is 14.5. The Morgan fingerprint density at radius 1 is 0.862 bits per heavy atom. The van der Waals surface area contributed by atoms with Crippen LogP contribution in [0.1, 0.15) is 50.5 Å². The first-order valence-electron chi connectivity index (χ1n) is 8.99. The minimum atomic E-state index is -1.80. The van der Waals surface area contributed by atoms with Crippen LogP contribution in [0.3, 0.4) is 0 Å². The number of halogens is 4. The first kappa shape index (κ1) is 23.1. The molecule has 29 heavy (non-hydrogen) atoms. The maximum Gasteiger partial charge on any atom is 0.344 e. The molecule has 2 aromatic carbocycles. The van der Waals surface area contributed by atoms with Crippen LogP contribution >= 0.6 is 0 Å². The summed E-state index contributed by atoms with van der Waals surface area (Å²) >= 11 is 0. The lowest BCUT2D eigenvalue weighted by molar-refractivity contribution is 0.0587. The summed E-state index contributed by atoms with van der Waals surface area (Å²) in [6.07, 6.45) is 0. The Labute approximate surface area is 170 Å². The van der Waals surface area contributed by atoms with Crippen molar-refractivity contribution in [1.82, 2.24) is 0 Å². The van der Waals surface area contributed by atoms with Gasteiger partial charge in [0.2, 0.25) is 0 Å². The van der Waals surface area contributed by atoms with Crippen molar-refractivity contribution in [3.63, 3.8) is 0 Å². The summed E-state index contributed by atoms with van der Waals surface area (Å²) in [6, 6.07) is 5.90. The molecule has 3 nitrogen and oxygen atoms in total. The number of benzene rings is 2. The van der Waals surface area contributed by atoms with Crippen molar-refractivity contribution in [2.24, 2.45) is 0 Å². The molecule has 0 aliphatic heterocycles. The molecular weight excluding hydrogens is 404 g/mol. The van der Waals surface area contributed by atoms with Gasteiger partial charge in [-0.15, -0.1) is 0 Å². The Kier molecular flexibility index (Phi) is 6.59. The van der Waals surface area contributed by atoms with E-state index in [-0.39, 0.29) is 10.6 Å². The van der Waals surface area contributed by atoms with Crippen LogP contribution in [0, 0.1) is 23.3 Å². The molecule has 0 bridgehead atoms. The highest BCUT2D eigenvalue weighted by Gasteiger charge is 2.31. The lowest BCUT2D eigenvalue weighted by Crippen LogP contribution is -2.27. The fourth-order valence-electron chi connectivity index (χ4n) is 2.68. The van der Waals surface area contributed by atoms with Crippen LogP contribution in [0.25, 0.3) is 11.1 Å². The van der Waals surface area contributed by atoms with Gasteiger partial charge in [0, 0.05) is 0 Å². The molecule has 0 fully saturated rings. The van der Waals surface area contributed by atoms with Crippen LogP contribution in [-0.2, 0) is 14.8 Å². The van der Waals surface area contributed by atoms with Crippen LogP contribution in [-0.4, -0.2) is 22.8 Å². The lowest BCUT2D eigenvalue weighted by Gasteiger charge is -2.30. The molecule has 0 saturated heterocycles. The maximum atomic E-state index is 14.5. The Bertz CT molecular complexity index is 890. The van der Waals surface area contributed by atoms with Crippen LogP contribution in [0.2, 0.25) is 5.04 Å². The van der Waals surface area contributed by atoms with Gasteiger partial charge in [0.25, 0.3) is 0 Å². The molecule has 2 aromatic rings. The number of ether oxygens (including phenoxy) is 1. The van der Waals surface area contributed by atoms with Gasteiger partial charge in [-0.2, -0.15) is 0 Å². The van der Waals surface area contributed by atoms with Crippen molar-refractivity contribution in [3.8, 4) is 11.1 Å². The predicted molar refractivity (Wildman–Crippen MR) is 105 cm³/mol. The number of carbonyl (C=O) groups excluding carboxylic acids is 1. The summed E-state index contributed by atoms with van der Waals surface area (Å²) in [7, 11) is -0.00302. The number of methoxy groups -OCH3 is 1. The molecular formula is C21H24F4O3Si. The monoisotopic (exact) mass is 428 g/mol. The fraction of sp³-hybridized carbons (Fsp3) is 0.381. The first-order valence-corrected chi connectivity index (χ1v) is 10.3. The fourth-order valence-corrected chi connectivity index (χ4v) is 3.65. The van der Waals surface area contributed by atoms with Crippen molar-refractivity contribution < 1.29 is 31.5 Å². The van der Waals surface area contributed by atoms with Crippen molar-refractivity contribution in [2.75, 3.05) is 7.11 Å². The second-order valence-corrected chi connectivity index (χ2v) is 11.1. The summed E-state index contributed by atoms with van der Waals surface area (Å²) in [5, 5.41) is 0.0832. The number of carbonyl (C=O) groups is 1. The molecule has 0 radical (unpaired) electrons. The van der Waals surface area contributed by atoms with Gasteiger partial charge >= 0.3 is 5.97 Å². The molecule has 0 atom stereocenters. The number of esters is 1. The Morgan fingerprint density at radius 2 is 1.34 bits per heavy atom. The zero-order valence-corrected chi connectivity index (χ0v) is 18.7. The highest BCUT2D eigenvalue weighted by Crippen LogP contribution is 2.35. The Balaban J connectivity index is 2.46. The molecule has 0 unspecified atom stereocenters. The molecule has 0 saturated carbocycles. The second-order valence-electron chi connectivity index (χ2n) is 8.43. The highest BCUT2D eigenvalue weighted by molar-refractivity contribution is 6.31. The molecule has 0 aromatic heterocycles. The van der Waals surface area contributed by atoms with Gasteiger partial charge in [-0.25, -0.2) is 22.4 Å². The van der Waals surface area contributed by atoms with E-state index >= 15 is 0 Å². The van der Waals surface area contributed by atoms with Gasteiger partial charge < -0.3 is 9.16 Å². The topological polar surface area (TPSA) is 35.5 Å². The largest absolute Gasteiger partial charge is 0.465 e. The van der Waals surface area contributed by atoms with Crippen LogP contribution in [0.4, 0.5) is 17.6 Å². The van der Waals surface area contributed by atoms with Crippen LogP contribution < -0.4 is 0 Å². The van der Waals surface area contributed by atoms with E-state index < -0.39 is 55.7 Å². The van der Waals surface area contributed by atoms with Gasteiger partial charge in [0.05, 0.1) is 18.3 Å². The predicted octanol–water partition coefficient (Wildman–Crippen LogP) is 5.25. The zero-order valence-electron chi connectivity index (χ0n) is 17.3. The van der Waals surface area contributed by atoms with Crippen molar-refractivity contribution in [2.45, 2.75) is 45.3 Å². The van der Waals surface area contributed by atoms with Crippen molar-refractivity contribution in [3.05, 3.63) is 58.7 Å². The summed E-state index contributed by atoms with van der Waals surface area (Å²) in [5.74, 6) is -8.41. The first-order chi connectivity index (χ1) is 13.3. The third-order valence-corrected chi connectivity index (χ3v) is 6.12. The zero-order chi connectivity index (χ0) is 22.1. The molecule has 0 amide bonds. The minimum Gasteiger partial charge on any atom is -0.465 e. The van der Waals surface area contributed by atoms with Gasteiger partial charge in [0.15, 0.2) is 33.0 Å².